The zero-order valence-corrected chi connectivity index (χ0v) is 30.2. The van der Waals surface area contributed by atoms with Gasteiger partial charge in [0.05, 0.1) is 5.56 Å². The molecule has 49 heavy (non-hydrogen) atoms. The summed E-state index contributed by atoms with van der Waals surface area (Å²) < 4.78 is 0. The van der Waals surface area contributed by atoms with E-state index >= 15 is 0 Å². The largest absolute Gasteiger partial charge is 0.508 e. The second-order valence-corrected chi connectivity index (χ2v) is 16.9. The van der Waals surface area contributed by atoms with Crippen molar-refractivity contribution >= 4 is 23.1 Å². The van der Waals surface area contributed by atoms with Crippen LogP contribution in [0.1, 0.15) is 116 Å². The highest BCUT2D eigenvalue weighted by Crippen LogP contribution is 2.65. The molecule has 7 heteroatoms. The van der Waals surface area contributed by atoms with E-state index in [9.17, 15) is 34.8 Å². The van der Waals surface area contributed by atoms with Crippen molar-refractivity contribution in [3.63, 3.8) is 0 Å². The molecule has 4 N–H and O–H groups in total. The van der Waals surface area contributed by atoms with Gasteiger partial charge >= 0.3 is 0 Å². The van der Waals surface area contributed by atoms with Crippen LogP contribution in [0, 0.1) is 34.5 Å². The molecule has 7 nitrogen and oxygen atoms in total. The fourth-order valence-electron chi connectivity index (χ4n) is 10.2. The van der Waals surface area contributed by atoms with Gasteiger partial charge in [0, 0.05) is 27.9 Å². The van der Waals surface area contributed by atoms with E-state index in [1.54, 1.807) is 20.8 Å². The van der Waals surface area contributed by atoms with Crippen molar-refractivity contribution in [2.75, 3.05) is 0 Å². The number of phenolic OH excluding ortho intramolecular Hbond substituents is 1. The van der Waals surface area contributed by atoms with E-state index in [2.05, 4.69) is 32.9 Å². The van der Waals surface area contributed by atoms with E-state index in [4.69, 9.17) is 0 Å². The minimum absolute atomic E-state index is 0.00982. The van der Waals surface area contributed by atoms with E-state index in [0.717, 1.165) is 36.0 Å². The molecule has 4 aliphatic rings. The molecule has 0 aromatic heterocycles. The predicted octanol–water partition coefficient (Wildman–Crippen LogP) is 8.35. The molecule has 262 valence electrons. The van der Waals surface area contributed by atoms with Crippen molar-refractivity contribution in [1.82, 2.24) is 0 Å². The second-order valence-electron chi connectivity index (χ2n) is 16.9. The predicted molar refractivity (Wildman–Crippen MR) is 190 cm³/mol. The lowest BCUT2D eigenvalue weighted by atomic mass is 9.43. The van der Waals surface area contributed by atoms with Crippen molar-refractivity contribution in [2.45, 2.75) is 112 Å². The van der Waals surface area contributed by atoms with E-state index in [-0.39, 0.29) is 41.6 Å². The zero-order chi connectivity index (χ0) is 36.0. The normalized spacial score (nSPS) is 31.6. The standard InChI is InChI=1S/C42H52O7/c1-21(2)28-18-29(27-15-13-26(14-16-27)17-25-11-9-23(5)10-12-25)35(44)32-30(28)19-40(7)20-41(8)33(22(3)4)36(45)31(24(6)43)38(47)42(41,49)39(48)34(40)37(32)46/h13-16,18,21-23,25,33,44,46-47,49H,9-12,17,19-20H2,1-8H3/t23?,25?,33?,40-,41-,42+/m1/s1. The third-order valence-corrected chi connectivity index (χ3v) is 12.6. The Kier molecular flexibility index (Phi) is 8.58. The first kappa shape index (κ1) is 35.1. The average molecular weight is 669 g/mol. The summed E-state index contributed by atoms with van der Waals surface area (Å²) in [4.78, 5) is 41.2. The maximum Gasteiger partial charge on any atom is 0.203 e. The van der Waals surface area contributed by atoms with E-state index in [1.165, 1.54) is 31.2 Å². The van der Waals surface area contributed by atoms with Gasteiger partial charge in [-0.15, -0.1) is 0 Å². The van der Waals surface area contributed by atoms with Gasteiger partial charge in [-0.25, -0.2) is 0 Å². The lowest BCUT2D eigenvalue weighted by Crippen LogP contribution is -2.69. The van der Waals surface area contributed by atoms with Crippen LogP contribution in [-0.4, -0.2) is 43.4 Å². The first-order chi connectivity index (χ1) is 22.9. The molecular formula is C42H52O7. The SMILES string of the molecule is CC(=O)C1=C(O)[C@]2(O)C(=O)C3=C(O)c4c(O)c(-c5ccc(CC6CCC(C)CC6)cc5)cc(C(C)C)c4C[C@]3(C)C[C@]2(C)C(C(C)C)C1=O. The molecule has 2 aromatic rings. The van der Waals surface area contributed by atoms with Gasteiger partial charge < -0.3 is 20.4 Å². The number of carbonyl (C=O) groups excluding carboxylic acids is 3. The minimum atomic E-state index is -2.63. The maximum absolute atomic E-state index is 14.7. The average Bonchev–Trinajstić information content (AvgIpc) is 3.00. The van der Waals surface area contributed by atoms with Gasteiger partial charge in [-0.1, -0.05) is 85.6 Å². The van der Waals surface area contributed by atoms with Crippen molar-refractivity contribution in [3.05, 3.63) is 69.5 Å². The van der Waals surface area contributed by atoms with Gasteiger partial charge in [0.2, 0.25) is 5.78 Å². The Balaban J connectivity index is 1.50. The van der Waals surface area contributed by atoms with Crippen LogP contribution in [-0.2, 0) is 27.2 Å². The molecule has 2 fully saturated rings. The van der Waals surface area contributed by atoms with Gasteiger partial charge in [-0.05, 0) is 91.0 Å². The van der Waals surface area contributed by atoms with Gasteiger partial charge in [0.1, 0.15) is 22.8 Å². The van der Waals surface area contributed by atoms with Crippen LogP contribution in [0.5, 0.6) is 5.75 Å². The monoisotopic (exact) mass is 668 g/mol. The van der Waals surface area contributed by atoms with Crippen LogP contribution in [0.15, 0.2) is 47.2 Å². The number of aliphatic hydroxyl groups is 3. The Labute approximate surface area is 290 Å². The number of hydrogen-bond acceptors (Lipinski definition) is 7. The van der Waals surface area contributed by atoms with Crippen LogP contribution >= 0.6 is 0 Å². The molecule has 0 spiro atoms. The lowest BCUT2D eigenvalue weighted by Gasteiger charge is -2.59. The van der Waals surface area contributed by atoms with E-state index in [0.29, 0.717) is 11.5 Å². The summed E-state index contributed by atoms with van der Waals surface area (Å²) in [6.45, 7) is 14.6. The Morgan fingerprint density at radius 2 is 1.57 bits per heavy atom. The number of allylic oxidation sites excluding steroid dienone is 1. The van der Waals surface area contributed by atoms with Crippen molar-refractivity contribution < 1.29 is 34.8 Å². The van der Waals surface area contributed by atoms with Crippen LogP contribution in [0.25, 0.3) is 16.9 Å². The topological polar surface area (TPSA) is 132 Å². The minimum Gasteiger partial charge on any atom is -0.508 e. The van der Waals surface area contributed by atoms with Crippen LogP contribution < -0.4 is 0 Å². The summed E-state index contributed by atoms with van der Waals surface area (Å²) in [6.07, 6.45) is 6.38. The molecule has 0 amide bonds. The lowest BCUT2D eigenvalue weighted by molar-refractivity contribution is -0.178. The number of carbonyl (C=O) groups is 3. The zero-order valence-electron chi connectivity index (χ0n) is 30.2. The van der Waals surface area contributed by atoms with Crippen LogP contribution in [0.4, 0.5) is 0 Å². The number of fused-ring (bicyclic) bond motifs is 3. The summed E-state index contributed by atoms with van der Waals surface area (Å²) >= 11 is 0. The van der Waals surface area contributed by atoms with Gasteiger partial charge in [-0.3, -0.25) is 14.4 Å². The number of rotatable bonds is 6. The number of aromatic hydroxyl groups is 1. The molecule has 0 aliphatic heterocycles. The number of hydrogen-bond donors (Lipinski definition) is 4. The first-order valence-corrected chi connectivity index (χ1v) is 18.1. The smallest absolute Gasteiger partial charge is 0.203 e. The molecule has 0 saturated heterocycles. The first-order valence-electron chi connectivity index (χ1n) is 18.1. The third kappa shape index (κ3) is 5.13. The molecule has 0 radical (unpaired) electrons. The number of phenols is 1. The molecule has 4 aliphatic carbocycles. The number of ketones is 3. The Hall–Kier alpha value is -3.71. The van der Waals surface area contributed by atoms with Crippen molar-refractivity contribution in [1.29, 1.82) is 0 Å². The fraction of sp³-hybridized carbons (Fsp3) is 0.548. The highest BCUT2D eigenvalue weighted by atomic mass is 16.3. The third-order valence-electron chi connectivity index (χ3n) is 12.6. The highest BCUT2D eigenvalue weighted by molar-refractivity contribution is 6.24. The molecule has 0 heterocycles. The quantitative estimate of drug-likeness (QED) is 0.228. The molecular weight excluding hydrogens is 616 g/mol. The van der Waals surface area contributed by atoms with Crippen LogP contribution in [0.2, 0.25) is 0 Å². The van der Waals surface area contributed by atoms with Gasteiger partial charge in [0.25, 0.3) is 0 Å². The van der Waals surface area contributed by atoms with Crippen molar-refractivity contribution in [2.24, 2.45) is 34.5 Å². The number of aliphatic hydroxyl groups excluding tert-OH is 2. The summed E-state index contributed by atoms with van der Waals surface area (Å²) in [5, 5.41) is 47.9. The molecule has 2 saturated carbocycles. The van der Waals surface area contributed by atoms with Crippen LogP contribution in [0.3, 0.4) is 0 Å². The number of benzene rings is 2. The second kappa shape index (κ2) is 12.0. The summed E-state index contributed by atoms with van der Waals surface area (Å²) in [5.41, 5.74) is -1.47. The summed E-state index contributed by atoms with van der Waals surface area (Å²) in [6, 6.07) is 10.2. The molecule has 6 rings (SSSR count). The van der Waals surface area contributed by atoms with E-state index in [1.807, 2.05) is 25.1 Å². The van der Waals surface area contributed by atoms with Gasteiger partial charge in [-0.2, -0.15) is 0 Å². The fourth-order valence-corrected chi connectivity index (χ4v) is 10.2. The molecule has 1 unspecified atom stereocenters. The van der Waals surface area contributed by atoms with E-state index < -0.39 is 56.8 Å². The molecule has 2 aromatic carbocycles. The Morgan fingerprint density at radius 1 is 0.959 bits per heavy atom. The molecule has 4 atom stereocenters. The summed E-state index contributed by atoms with van der Waals surface area (Å²) in [5.74, 6) is -3.64. The van der Waals surface area contributed by atoms with Crippen molar-refractivity contribution in [3.8, 4) is 16.9 Å². The number of Topliss-reactive ketones (excluding diaryl/α,β-unsaturated/α-hetero) is 3. The Bertz CT molecular complexity index is 1800. The highest BCUT2D eigenvalue weighted by Gasteiger charge is 2.72. The molecule has 0 bridgehead atoms. The van der Waals surface area contributed by atoms with Gasteiger partial charge in [0.15, 0.2) is 17.2 Å². The summed E-state index contributed by atoms with van der Waals surface area (Å²) in [7, 11) is 0. The maximum atomic E-state index is 14.7. The Morgan fingerprint density at radius 3 is 2.12 bits per heavy atom.